The molecule has 0 aromatic heterocycles. The largest absolute Gasteiger partial charge is 0.386 e. The van der Waals surface area contributed by atoms with Crippen molar-refractivity contribution in [3.63, 3.8) is 0 Å². The van der Waals surface area contributed by atoms with E-state index in [1.807, 2.05) is 0 Å². The molecule has 0 spiro atoms. The van der Waals surface area contributed by atoms with Gasteiger partial charge in [0.05, 0.1) is 10.6 Å². The maximum absolute atomic E-state index is 12.7. The standard InChI is InChI=1S/C18H27IO3P2/c1-4-11-7-8-12(5-2)23(11)15-16(18(21)22-17(15)20)24-13(6-3)9-10-14(24)19/h11-14H,4-10H2,1-3H3/t11-,12-,13-,14+,24?/m1/s1. The van der Waals surface area contributed by atoms with Gasteiger partial charge < -0.3 is 4.74 Å². The molecule has 3 heterocycles. The van der Waals surface area contributed by atoms with Crippen molar-refractivity contribution in [1.29, 1.82) is 0 Å². The predicted octanol–water partition coefficient (Wildman–Crippen LogP) is 5.93. The van der Waals surface area contributed by atoms with Gasteiger partial charge in [0.15, 0.2) is 0 Å². The number of carbonyl (C=O) groups excluding carboxylic acids is 2. The minimum atomic E-state index is -0.553. The lowest BCUT2D eigenvalue weighted by Crippen LogP contribution is -2.10. The predicted molar refractivity (Wildman–Crippen MR) is 110 cm³/mol. The fourth-order valence-electron chi connectivity index (χ4n) is 4.52. The molecule has 1 unspecified atom stereocenters. The van der Waals surface area contributed by atoms with Crippen molar-refractivity contribution in [3.05, 3.63) is 10.6 Å². The molecular weight excluding hydrogens is 453 g/mol. The second-order valence-corrected chi connectivity index (χ2v) is 14.8. The molecule has 0 amide bonds. The number of esters is 2. The van der Waals surface area contributed by atoms with Gasteiger partial charge in [-0.3, -0.25) is 0 Å². The lowest BCUT2D eigenvalue weighted by atomic mass is 10.1. The van der Waals surface area contributed by atoms with Gasteiger partial charge >= 0.3 is 11.9 Å². The summed E-state index contributed by atoms with van der Waals surface area (Å²) in [5, 5.41) is 1.74. The Balaban J connectivity index is 2.07. The number of halogens is 1. The van der Waals surface area contributed by atoms with Crippen LogP contribution >= 0.6 is 38.4 Å². The monoisotopic (exact) mass is 480 g/mol. The third-order valence-corrected chi connectivity index (χ3v) is 15.3. The molecule has 134 valence electrons. The van der Waals surface area contributed by atoms with Gasteiger partial charge in [-0.25, -0.2) is 9.59 Å². The maximum Gasteiger partial charge on any atom is 0.347 e. The van der Waals surface area contributed by atoms with Gasteiger partial charge in [0.25, 0.3) is 0 Å². The Morgan fingerprint density at radius 2 is 1.25 bits per heavy atom. The Hall–Kier alpha value is 0.470. The first-order valence-corrected chi connectivity index (χ1v) is 13.4. The zero-order valence-corrected chi connectivity index (χ0v) is 18.7. The lowest BCUT2D eigenvalue weighted by molar-refractivity contribution is -0.150. The fraction of sp³-hybridized carbons (Fsp3) is 0.778. The second kappa shape index (κ2) is 8.01. The van der Waals surface area contributed by atoms with E-state index in [0.29, 0.717) is 20.6 Å². The number of hydrogen-bond acceptors (Lipinski definition) is 3. The summed E-state index contributed by atoms with van der Waals surface area (Å²) in [6, 6.07) is 0. The number of rotatable bonds is 5. The fourth-order valence-corrected chi connectivity index (χ4v) is 14.3. The lowest BCUT2D eigenvalue weighted by Gasteiger charge is -2.28. The molecule has 3 nitrogen and oxygen atoms in total. The Kier molecular flexibility index (Phi) is 6.42. The van der Waals surface area contributed by atoms with Gasteiger partial charge in [0.2, 0.25) is 0 Å². The zero-order chi connectivity index (χ0) is 17.4. The summed E-state index contributed by atoms with van der Waals surface area (Å²) in [6.45, 7) is 6.69. The number of carbonyl (C=O) groups is 2. The minimum absolute atomic E-state index is 0.284. The van der Waals surface area contributed by atoms with Crippen molar-refractivity contribution in [2.75, 3.05) is 0 Å². The molecule has 0 aromatic rings. The summed E-state index contributed by atoms with van der Waals surface area (Å²) in [7, 11) is -1.09. The highest BCUT2D eigenvalue weighted by atomic mass is 127. The first-order chi connectivity index (χ1) is 11.5. The SMILES string of the molecule is CC[C@@H]1CC[C@@H](CC)P1C1=C(P2[C@H](CC)CC[C@H]2I)C(=O)OC1=O. The molecule has 0 radical (unpaired) electrons. The summed E-state index contributed by atoms with van der Waals surface area (Å²) < 4.78 is 5.73. The van der Waals surface area contributed by atoms with Crippen molar-refractivity contribution in [1.82, 2.24) is 0 Å². The first kappa shape index (κ1) is 19.2. The van der Waals surface area contributed by atoms with Gasteiger partial charge in [-0.2, -0.15) is 0 Å². The summed E-state index contributed by atoms with van der Waals surface area (Å²) in [6.07, 6.45) is 8.13. The number of cyclic esters (lactones) is 2. The van der Waals surface area contributed by atoms with Crippen LogP contribution in [0.5, 0.6) is 0 Å². The molecule has 0 N–H and O–H groups in total. The topological polar surface area (TPSA) is 43.4 Å². The average molecular weight is 480 g/mol. The molecule has 3 aliphatic heterocycles. The van der Waals surface area contributed by atoms with Crippen molar-refractivity contribution in [3.8, 4) is 0 Å². The molecular formula is C18H27IO3P2. The Morgan fingerprint density at radius 1 is 0.833 bits per heavy atom. The average Bonchev–Trinajstić information content (AvgIpc) is 3.21. The van der Waals surface area contributed by atoms with Crippen LogP contribution in [0.15, 0.2) is 10.6 Å². The van der Waals surface area contributed by atoms with Crippen molar-refractivity contribution >= 4 is 50.4 Å². The second-order valence-electron chi connectivity index (χ2n) is 6.96. The first-order valence-electron chi connectivity index (χ1n) is 9.24. The number of ether oxygens (including phenoxy) is 1. The van der Waals surface area contributed by atoms with Crippen LogP contribution in [0.4, 0.5) is 0 Å². The number of hydrogen-bond donors (Lipinski definition) is 0. The van der Waals surface area contributed by atoms with Crippen molar-refractivity contribution in [2.45, 2.75) is 86.4 Å². The highest BCUT2D eigenvalue weighted by molar-refractivity contribution is 14.1. The Morgan fingerprint density at radius 3 is 1.75 bits per heavy atom. The van der Waals surface area contributed by atoms with E-state index in [1.54, 1.807) is 0 Å². The van der Waals surface area contributed by atoms with Crippen LogP contribution in [0, 0.1) is 0 Å². The number of alkyl halides is 1. The summed E-state index contributed by atoms with van der Waals surface area (Å²) in [5.41, 5.74) is 1.78. The highest BCUT2D eigenvalue weighted by Gasteiger charge is 2.50. The van der Waals surface area contributed by atoms with E-state index in [1.165, 1.54) is 25.7 Å². The summed E-state index contributed by atoms with van der Waals surface area (Å²) in [5.74, 6) is -0.574. The third-order valence-electron chi connectivity index (χ3n) is 5.78. The van der Waals surface area contributed by atoms with E-state index >= 15 is 0 Å². The van der Waals surface area contributed by atoms with E-state index in [9.17, 15) is 9.59 Å². The van der Waals surface area contributed by atoms with Crippen molar-refractivity contribution in [2.24, 2.45) is 0 Å². The van der Waals surface area contributed by atoms with Crippen LogP contribution < -0.4 is 0 Å². The molecule has 0 bridgehead atoms. The highest BCUT2D eigenvalue weighted by Crippen LogP contribution is 2.72. The van der Waals surface area contributed by atoms with E-state index in [0.717, 1.165) is 29.9 Å². The van der Waals surface area contributed by atoms with Gasteiger partial charge in [-0.05, 0) is 61.9 Å². The smallest absolute Gasteiger partial charge is 0.347 e. The van der Waals surface area contributed by atoms with E-state index in [2.05, 4.69) is 43.4 Å². The van der Waals surface area contributed by atoms with E-state index < -0.39 is 15.8 Å². The molecule has 2 fully saturated rings. The molecule has 0 aromatic carbocycles. The maximum atomic E-state index is 12.7. The Bertz CT molecular complexity index is 550. The minimum Gasteiger partial charge on any atom is -0.386 e. The van der Waals surface area contributed by atoms with Gasteiger partial charge in [0, 0.05) is 3.67 Å². The molecule has 0 saturated carbocycles. The normalized spacial score (nSPS) is 37.6. The Labute approximate surface area is 161 Å². The van der Waals surface area contributed by atoms with Crippen molar-refractivity contribution < 1.29 is 14.3 Å². The van der Waals surface area contributed by atoms with E-state index in [-0.39, 0.29) is 11.9 Å². The zero-order valence-electron chi connectivity index (χ0n) is 14.8. The molecule has 24 heavy (non-hydrogen) atoms. The van der Waals surface area contributed by atoms with Gasteiger partial charge in [-0.1, -0.05) is 59.2 Å². The molecule has 5 atom stereocenters. The van der Waals surface area contributed by atoms with Crippen LogP contribution in [0.2, 0.25) is 0 Å². The quantitative estimate of drug-likeness (QED) is 0.161. The van der Waals surface area contributed by atoms with Gasteiger partial charge in [-0.15, -0.1) is 0 Å². The van der Waals surface area contributed by atoms with E-state index in [4.69, 9.17) is 4.74 Å². The van der Waals surface area contributed by atoms with Crippen LogP contribution in [0.1, 0.15) is 65.7 Å². The van der Waals surface area contributed by atoms with Crippen LogP contribution in [0.25, 0.3) is 0 Å². The molecule has 3 aliphatic rings. The van der Waals surface area contributed by atoms with Crippen LogP contribution in [-0.4, -0.2) is 32.6 Å². The third kappa shape index (κ3) is 3.25. The molecule has 3 rings (SSSR count). The molecule has 2 saturated heterocycles. The molecule has 0 aliphatic carbocycles. The van der Waals surface area contributed by atoms with Crippen LogP contribution in [-0.2, 0) is 14.3 Å². The van der Waals surface area contributed by atoms with Gasteiger partial charge in [0.1, 0.15) is 0 Å². The summed E-state index contributed by atoms with van der Waals surface area (Å²) >= 11 is 2.52. The molecule has 6 heteroatoms. The summed E-state index contributed by atoms with van der Waals surface area (Å²) in [4.78, 5) is 25.3. The van der Waals surface area contributed by atoms with Crippen LogP contribution in [0.3, 0.4) is 0 Å².